The van der Waals surface area contributed by atoms with Crippen molar-refractivity contribution in [2.24, 2.45) is 0 Å². The summed E-state index contributed by atoms with van der Waals surface area (Å²) in [6, 6.07) is 25.2. The molecule has 0 aromatic heterocycles. The molecule has 3 aromatic rings. The van der Waals surface area contributed by atoms with Crippen molar-refractivity contribution >= 4 is 12.2 Å². The molecule has 150 valence electrons. The average Bonchev–Trinajstić information content (AvgIpc) is 3.39. The summed E-state index contributed by atoms with van der Waals surface area (Å²) in [5, 5.41) is 0. The third kappa shape index (κ3) is 3.91. The van der Waals surface area contributed by atoms with E-state index in [1.807, 2.05) is 24.3 Å². The molecule has 2 heteroatoms. The maximum atomic E-state index is 6.12. The molecule has 0 radical (unpaired) electrons. The molecule has 30 heavy (non-hydrogen) atoms. The van der Waals surface area contributed by atoms with Gasteiger partial charge in [0.15, 0.2) is 11.5 Å². The number of benzene rings is 3. The van der Waals surface area contributed by atoms with Gasteiger partial charge in [0, 0.05) is 11.8 Å². The quantitative estimate of drug-likeness (QED) is 0.416. The van der Waals surface area contributed by atoms with Crippen LogP contribution in [0.25, 0.3) is 12.2 Å². The minimum atomic E-state index is 0.434. The summed E-state index contributed by atoms with van der Waals surface area (Å²) >= 11 is 0. The Morgan fingerprint density at radius 1 is 0.533 bits per heavy atom. The molecule has 5 rings (SSSR count). The largest absolute Gasteiger partial charge is 0.490 e. The predicted octanol–water partition coefficient (Wildman–Crippen LogP) is 6.85. The van der Waals surface area contributed by atoms with E-state index in [0.29, 0.717) is 25.0 Å². The highest BCUT2D eigenvalue weighted by molar-refractivity contribution is 5.63. The fourth-order valence-electron chi connectivity index (χ4n) is 4.43. The first-order valence-electron chi connectivity index (χ1n) is 10.8. The van der Waals surface area contributed by atoms with E-state index in [1.165, 1.54) is 22.3 Å². The Kier molecular flexibility index (Phi) is 5.39. The Labute approximate surface area is 178 Å². The number of rotatable bonds is 8. The lowest BCUT2D eigenvalue weighted by molar-refractivity contribution is 0.259. The summed E-state index contributed by atoms with van der Waals surface area (Å²) in [4.78, 5) is 0. The SMILES string of the molecule is C1=CC(CCOc2ccccc2OCCC2C=Cc3ccccc32)c2ccccc21. The van der Waals surface area contributed by atoms with Crippen LogP contribution in [0.5, 0.6) is 11.5 Å². The van der Waals surface area contributed by atoms with Crippen molar-refractivity contribution in [3.8, 4) is 11.5 Å². The van der Waals surface area contributed by atoms with E-state index in [9.17, 15) is 0 Å². The molecule has 0 bridgehead atoms. The van der Waals surface area contributed by atoms with Gasteiger partial charge in [-0.15, -0.1) is 0 Å². The third-order valence-corrected chi connectivity index (χ3v) is 6.03. The number of ether oxygens (including phenoxy) is 2. The second-order valence-electron chi connectivity index (χ2n) is 7.91. The molecule has 2 atom stereocenters. The Balaban J connectivity index is 1.15. The molecule has 0 spiro atoms. The Bertz CT molecular complexity index is 993. The van der Waals surface area contributed by atoms with Crippen LogP contribution in [-0.4, -0.2) is 13.2 Å². The lowest BCUT2D eigenvalue weighted by Gasteiger charge is -2.16. The van der Waals surface area contributed by atoms with Crippen LogP contribution in [0, 0.1) is 0 Å². The van der Waals surface area contributed by atoms with E-state index in [1.54, 1.807) is 0 Å². The van der Waals surface area contributed by atoms with Gasteiger partial charge < -0.3 is 9.47 Å². The first kappa shape index (κ1) is 18.7. The van der Waals surface area contributed by atoms with Crippen LogP contribution in [0.4, 0.5) is 0 Å². The van der Waals surface area contributed by atoms with E-state index in [4.69, 9.17) is 9.47 Å². The number of hydrogen-bond acceptors (Lipinski definition) is 2. The topological polar surface area (TPSA) is 18.5 Å². The van der Waals surface area contributed by atoms with Crippen LogP contribution < -0.4 is 9.47 Å². The molecular formula is C28H26O2. The highest BCUT2D eigenvalue weighted by Crippen LogP contribution is 2.35. The Morgan fingerprint density at radius 2 is 0.967 bits per heavy atom. The van der Waals surface area contributed by atoms with Gasteiger partial charge in [-0.3, -0.25) is 0 Å². The van der Waals surface area contributed by atoms with Crippen LogP contribution in [0.3, 0.4) is 0 Å². The molecular weight excluding hydrogens is 368 g/mol. The van der Waals surface area contributed by atoms with Crippen LogP contribution >= 0.6 is 0 Å². The number of para-hydroxylation sites is 2. The molecule has 0 fully saturated rings. The molecule has 2 nitrogen and oxygen atoms in total. The fraction of sp³-hybridized carbons (Fsp3) is 0.214. The smallest absolute Gasteiger partial charge is 0.161 e. The van der Waals surface area contributed by atoms with Gasteiger partial charge in [-0.2, -0.15) is 0 Å². The zero-order chi connectivity index (χ0) is 20.2. The van der Waals surface area contributed by atoms with Gasteiger partial charge in [0.25, 0.3) is 0 Å². The van der Waals surface area contributed by atoms with Gasteiger partial charge in [-0.25, -0.2) is 0 Å². The van der Waals surface area contributed by atoms with Gasteiger partial charge in [0.2, 0.25) is 0 Å². The van der Waals surface area contributed by atoms with Crippen LogP contribution in [0.2, 0.25) is 0 Å². The average molecular weight is 395 g/mol. The summed E-state index contributed by atoms with van der Waals surface area (Å²) in [5.74, 6) is 2.53. The molecule has 2 aliphatic carbocycles. The molecule has 0 N–H and O–H groups in total. The second kappa shape index (κ2) is 8.62. The minimum absolute atomic E-state index is 0.434. The Morgan fingerprint density at radius 3 is 1.47 bits per heavy atom. The zero-order valence-electron chi connectivity index (χ0n) is 17.0. The van der Waals surface area contributed by atoms with Gasteiger partial charge in [-0.1, -0.05) is 85.0 Å². The van der Waals surface area contributed by atoms with Crippen LogP contribution in [0.15, 0.2) is 84.9 Å². The monoisotopic (exact) mass is 394 g/mol. The summed E-state index contributed by atoms with van der Waals surface area (Å²) in [5.41, 5.74) is 5.45. The van der Waals surface area contributed by atoms with Gasteiger partial charge >= 0.3 is 0 Å². The van der Waals surface area contributed by atoms with Crippen molar-refractivity contribution in [1.29, 1.82) is 0 Å². The standard InChI is InChI=1S/C28H26O2/c1-3-9-25-21(7-1)13-15-23(25)17-19-29-27-11-5-6-12-28(27)30-20-18-24-16-14-22-8-2-4-10-26(22)24/h1-16,23-24H,17-20H2. The first-order valence-corrected chi connectivity index (χ1v) is 10.8. The number of hydrogen-bond donors (Lipinski definition) is 0. The second-order valence-corrected chi connectivity index (χ2v) is 7.91. The van der Waals surface area contributed by atoms with E-state index in [-0.39, 0.29) is 0 Å². The zero-order valence-corrected chi connectivity index (χ0v) is 17.0. The summed E-state index contributed by atoms with van der Waals surface area (Å²) in [6.07, 6.45) is 10.9. The van der Waals surface area contributed by atoms with E-state index < -0.39 is 0 Å². The molecule has 0 saturated carbocycles. The maximum absolute atomic E-state index is 6.12. The van der Waals surface area contributed by atoms with Crippen molar-refractivity contribution in [3.05, 3.63) is 107 Å². The fourth-order valence-corrected chi connectivity index (χ4v) is 4.43. The van der Waals surface area contributed by atoms with Crippen molar-refractivity contribution in [3.63, 3.8) is 0 Å². The molecule has 2 aliphatic rings. The number of fused-ring (bicyclic) bond motifs is 2. The first-order chi connectivity index (χ1) is 14.9. The molecule has 0 heterocycles. The van der Waals surface area contributed by atoms with E-state index in [2.05, 4.69) is 72.8 Å². The van der Waals surface area contributed by atoms with Crippen LogP contribution in [-0.2, 0) is 0 Å². The van der Waals surface area contributed by atoms with E-state index in [0.717, 1.165) is 24.3 Å². The normalized spacial score (nSPS) is 18.3. The molecule has 0 amide bonds. The van der Waals surface area contributed by atoms with E-state index >= 15 is 0 Å². The maximum Gasteiger partial charge on any atom is 0.161 e. The highest BCUT2D eigenvalue weighted by atomic mass is 16.5. The number of allylic oxidation sites excluding steroid dienone is 2. The van der Waals surface area contributed by atoms with Crippen molar-refractivity contribution < 1.29 is 9.47 Å². The lowest BCUT2D eigenvalue weighted by Crippen LogP contribution is -2.06. The van der Waals surface area contributed by atoms with Crippen molar-refractivity contribution in [2.45, 2.75) is 24.7 Å². The highest BCUT2D eigenvalue weighted by Gasteiger charge is 2.18. The predicted molar refractivity (Wildman–Crippen MR) is 123 cm³/mol. The third-order valence-electron chi connectivity index (χ3n) is 6.03. The van der Waals surface area contributed by atoms with Gasteiger partial charge in [0.05, 0.1) is 13.2 Å². The van der Waals surface area contributed by atoms with Crippen molar-refractivity contribution in [1.82, 2.24) is 0 Å². The molecule has 0 aliphatic heterocycles. The summed E-state index contributed by atoms with van der Waals surface area (Å²) < 4.78 is 12.2. The molecule has 2 unspecified atom stereocenters. The summed E-state index contributed by atoms with van der Waals surface area (Å²) in [7, 11) is 0. The minimum Gasteiger partial charge on any atom is -0.490 e. The van der Waals surface area contributed by atoms with Gasteiger partial charge in [0.1, 0.15) is 0 Å². The lowest BCUT2D eigenvalue weighted by atomic mass is 9.98. The molecule has 3 aromatic carbocycles. The molecule has 0 saturated heterocycles. The van der Waals surface area contributed by atoms with Crippen molar-refractivity contribution in [2.75, 3.05) is 13.2 Å². The van der Waals surface area contributed by atoms with Crippen LogP contribution in [0.1, 0.15) is 46.9 Å². The van der Waals surface area contributed by atoms with Gasteiger partial charge in [-0.05, 0) is 47.2 Å². The Hall–Kier alpha value is -3.26. The summed E-state index contributed by atoms with van der Waals surface area (Å²) in [6.45, 7) is 1.34.